The lowest BCUT2D eigenvalue weighted by molar-refractivity contribution is -0.127. The van der Waals surface area contributed by atoms with Crippen LogP contribution < -0.4 is 0 Å². The number of benzene rings is 2. The maximum atomic E-state index is 12.3. The van der Waals surface area contributed by atoms with E-state index in [4.69, 9.17) is 9.40 Å². The molecule has 0 atom stereocenters. The van der Waals surface area contributed by atoms with E-state index in [2.05, 4.69) is 11.1 Å². The largest absolute Gasteiger partial charge is 0.463 e. The molecule has 4 aromatic rings. The Balaban J connectivity index is 1.55. The summed E-state index contributed by atoms with van der Waals surface area (Å²) in [6.07, 6.45) is 4.90. The number of carbonyl (C=O) groups is 1. The van der Waals surface area contributed by atoms with Crippen molar-refractivity contribution in [2.75, 3.05) is 0 Å². The summed E-state index contributed by atoms with van der Waals surface area (Å²) < 4.78 is 7.61. The van der Waals surface area contributed by atoms with Gasteiger partial charge in [-0.05, 0) is 36.2 Å². The van der Waals surface area contributed by atoms with Crippen LogP contribution in [0.25, 0.3) is 17.1 Å². The SMILES string of the molecule is C=C(CCc1nc(-c2ccco2)cn1-c1ccccc1)N(Cc1ccccc1)C(C)=O. The minimum Gasteiger partial charge on any atom is -0.463 e. The second-order valence-corrected chi connectivity index (χ2v) is 7.38. The summed E-state index contributed by atoms with van der Waals surface area (Å²) in [5, 5.41) is 0. The molecule has 0 fully saturated rings. The molecule has 0 aliphatic heterocycles. The molecule has 0 aliphatic rings. The molecule has 156 valence electrons. The van der Waals surface area contributed by atoms with Crippen LogP contribution in [0.2, 0.25) is 0 Å². The average molecular weight is 412 g/mol. The average Bonchev–Trinajstić information content (AvgIpc) is 3.47. The van der Waals surface area contributed by atoms with Crippen molar-refractivity contribution in [1.82, 2.24) is 14.5 Å². The molecule has 0 aliphatic carbocycles. The third kappa shape index (κ3) is 4.83. The van der Waals surface area contributed by atoms with E-state index in [1.165, 1.54) is 0 Å². The van der Waals surface area contributed by atoms with Crippen molar-refractivity contribution in [3.05, 3.63) is 109 Å². The molecular formula is C26H25N3O2. The van der Waals surface area contributed by atoms with Gasteiger partial charge in [0.15, 0.2) is 5.76 Å². The first-order chi connectivity index (χ1) is 15.1. The Bertz CT molecular complexity index is 1150. The fourth-order valence-electron chi connectivity index (χ4n) is 3.55. The topological polar surface area (TPSA) is 51.3 Å². The summed E-state index contributed by atoms with van der Waals surface area (Å²) in [4.78, 5) is 18.8. The molecule has 0 saturated heterocycles. The Labute approximate surface area is 182 Å². The highest BCUT2D eigenvalue weighted by Crippen LogP contribution is 2.24. The fraction of sp³-hybridized carbons (Fsp3) is 0.154. The smallest absolute Gasteiger partial charge is 0.223 e. The number of aryl methyl sites for hydroxylation is 1. The van der Waals surface area contributed by atoms with Crippen molar-refractivity contribution in [2.24, 2.45) is 0 Å². The van der Waals surface area contributed by atoms with Gasteiger partial charge in [-0.1, -0.05) is 55.1 Å². The van der Waals surface area contributed by atoms with E-state index in [0.29, 0.717) is 19.4 Å². The molecule has 0 spiro atoms. The summed E-state index contributed by atoms with van der Waals surface area (Å²) in [6, 6.07) is 23.8. The van der Waals surface area contributed by atoms with Crippen molar-refractivity contribution in [1.29, 1.82) is 0 Å². The molecule has 0 bridgehead atoms. The number of aromatic nitrogens is 2. The zero-order chi connectivity index (χ0) is 21.6. The van der Waals surface area contributed by atoms with E-state index in [1.54, 1.807) is 18.1 Å². The first-order valence-corrected chi connectivity index (χ1v) is 10.3. The van der Waals surface area contributed by atoms with Gasteiger partial charge >= 0.3 is 0 Å². The fourth-order valence-corrected chi connectivity index (χ4v) is 3.55. The van der Waals surface area contributed by atoms with Crippen LogP contribution in [0.5, 0.6) is 0 Å². The number of imidazole rings is 1. The number of hydrogen-bond acceptors (Lipinski definition) is 3. The molecule has 5 heteroatoms. The molecule has 0 radical (unpaired) electrons. The number of furan rings is 1. The monoisotopic (exact) mass is 411 g/mol. The van der Waals surface area contributed by atoms with E-state index in [1.807, 2.05) is 79.0 Å². The van der Waals surface area contributed by atoms with Crippen molar-refractivity contribution >= 4 is 5.91 Å². The van der Waals surface area contributed by atoms with Gasteiger partial charge in [0.25, 0.3) is 0 Å². The lowest BCUT2D eigenvalue weighted by Crippen LogP contribution is -2.27. The second-order valence-electron chi connectivity index (χ2n) is 7.38. The maximum absolute atomic E-state index is 12.3. The van der Waals surface area contributed by atoms with Crippen molar-refractivity contribution < 1.29 is 9.21 Å². The Morgan fingerprint density at radius 1 is 1.03 bits per heavy atom. The molecular weight excluding hydrogens is 386 g/mol. The lowest BCUT2D eigenvalue weighted by atomic mass is 10.1. The van der Waals surface area contributed by atoms with Crippen molar-refractivity contribution in [3.63, 3.8) is 0 Å². The maximum Gasteiger partial charge on any atom is 0.223 e. The van der Waals surface area contributed by atoms with Crippen LogP contribution in [-0.4, -0.2) is 20.4 Å². The summed E-state index contributed by atoms with van der Waals surface area (Å²) in [5.41, 5.74) is 3.66. The molecule has 0 unspecified atom stereocenters. The second kappa shape index (κ2) is 9.30. The van der Waals surface area contributed by atoms with Crippen LogP contribution in [0.15, 0.2) is 102 Å². The van der Waals surface area contributed by atoms with Gasteiger partial charge in [-0.3, -0.25) is 4.79 Å². The van der Waals surface area contributed by atoms with Gasteiger partial charge in [0.05, 0.1) is 12.8 Å². The van der Waals surface area contributed by atoms with Gasteiger partial charge in [0.2, 0.25) is 5.91 Å². The summed E-state index contributed by atoms with van der Waals surface area (Å²) in [6.45, 7) is 6.29. The first-order valence-electron chi connectivity index (χ1n) is 10.3. The van der Waals surface area contributed by atoms with Crippen LogP contribution in [0.4, 0.5) is 0 Å². The van der Waals surface area contributed by atoms with Gasteiger partial charge in [-0.25, -0.2) is 4.98 Å². The molecule has 0 N–H and O–H groups in total. The Morgan fingerprint density at radius 2 is 1.74 bits per heavy atom. The van der Waals surface area contributed by atoms with Crippen LogP contribution >= 0.6 is 0 Å². The van der Waals surface area contributed by atoms with Gasteiger partial charge in [-0.2, -0.15) is 0 Å². The molecule has 2 heterocycles. The van der Waals surface area contributed by atoms with Gasteiger partial charge in [0.1, 0.15) is 11.5 Å². The van der Waals surface area contributed by atoms with E-state index in [-0.39, 0.29) is 5.91 Å². The number of hydrogen-bond donors (Lipinski definition) is 0. The van der Waals surface area contributed by atoms with Crippen molar-refractivity contribution in [2.45, 2.75) is 26.3 Å². The third-order valence-electron chi connectivity index (χ3n) is 5.17. The van der Waals surface area contributed by atoms with E-state index >= 15 is 0 Å². The van der Waals surface area contributed by atoms with Gasteiger partial charge < -0.3 is 13.9 Å². The number of rotatable bonds is 8. The van der Waals surface area contributed by atoms with E-state index < -0.39 is 0 Å². The zero-order valence-corrected chi connectivity index (χ0v) is 17.6. The predicted molar refractivity (Wildman–Crippen MR) is 121 cm³/mol. The highest BCUT2D eigenvalue weighted by atomic mass is 16.3. The van der Waals surface area contributed by atoms with E-state index in [9.17, 15) is 4.79 Å². The molecule has 31 heavy (non-hydrogen) atoms. The number of allylic oxidation sites excluding steroid dienone is 1. The van der Waals surface area contributed by atoms with E-state index in [0.717, 1.165) is 34.2 Å². The number of amides is 1. The molecule has 2 aromatic carbocycles. The summed E-state index contributed by atoms with van der Waals surface area (Å²) in [7, 11) is 0. The van der Waals surface area contributed by atoms with Crippen LogP contribution in [-0.2, 0) is 17.8 Å². The minimum absolute atomic E-state index is 0.0171. The van der Waals surface area contributed by atoms with Gasteiger partial charge in [-0.15, -0.1) is 0 Å². The number of nitrogens with zero attached hydrogens (tertiary/aromatic N) is 3. The first kappa shape index (κ1) is 20.4. The molecule has 5 nitrogen and oxygen atoms in total. The standard InChI is InChI=1S/C26H25N3O2/c1-20(28(21(2)30)18-22-10-5-3-6-11-22)15-16-26-27-24(25-14-9-17-31-25)19-29(26)23-12-7-4-8-13-23/h3-14,17,19H,1,15-16,18H2,2H3. The zero-order valence-electron chi connectivity index (χ0n) is 17.6. The molecule has 4 rings (SSSR count). The normalized spacial score (nSPS) is 10.7. The molecule has 1 amide bonds. The Hall–Kier alpha value is -3.86. The summed E-state index contributed by atoms with van der Waals surface area (Å²) >= 11 is 0. The predicted octanol–water partition coefficient (Wildman–Crippen LogP) is 5.63. The third-order valence-corrected chi connectivity index (χ3v) is 5.17. The Kier molecular flexibility index (Phi) is 6.13. The number of para-hydroxylation sites is 1. The van der Waals surface area contributed by atoms with Crippen LogP contribution in [0.3, 0.4) is 0 Å². The highest BCUT2D eigenvalue weighted by molar-refractivity contribution is 5.75. The molecule has 2 aromatic heterocycles. The highest BCUT2D eigenvalue weighted by Gasteiger charge is 2.17. The number of carbonyl (C=O) groups excluding carboxylic acids is 1. The van der Waals surface area contributed by atoms with Crippen LogP contribution in [0, 0.1) is 0 Å². The van der Waals surface area contributed by atoms with Crippen LogP contribution in [0.1, 0.15) is 24.7 Å². The minimum atomic E-state index is -0.0171. The molecule has 0 saturated carbocycles. The summed E-state index contributed by atoms with van der Waals surface area (Å²) in [5.74, 6) is 1.60. The lowest BCUT2D eigenvalue weighted by Gasteiger charge is -2.23. The Morgan fingerprint density at radius 3 is 2.39 bits per heavy atom. The quantitative estimate of drug-likeness (QED) is 0.378. The van der Waals surface area contributed by atoms with Gasteiger partial charge in [0, 0.05) is 30.9 Å². The van der Waals surface area contributed by atoms with Crippen molar-refractivity contribution in [3.8, 4) is 17.1 Å².